The molecule has 2 amide bonds. The number of carbonyl (C=O) groups excluding carboxylic acids is 2. The van der Waals surface area contributed by atoms with Crippen molar-refractivity contribution in [1.82, 2.24) is 16.0 Å². The summed E-state index contributed by atoms with van der Waals surface area (Å²) in [5.41, 5.74) is 0.247. The van der Waals surface area contributed by atoms with Gasteiger partial charge in [0.05, 0.1) is 6.54 Å². The van der Waals surface area contributed by atoms with Crippen molar-refractivity contribution in [3.05, 3.63) is 0 Å². The third-order valence-corrected chi connectivity index (χ3v) is 7.25. The van der Waals surface area contributed by atoms with Crippen LogP contribution in [0.4, 0.5) is 0 Å². The molecule has 0 aromatic carbocycles. The summed E-state index contributed by atoms with van der Waals surface area (Å²) in [5.74, 6) is 2.61. The van der Waals surface area contributed by atoms with E-state index in [-0.39, 0.29) is 42.2 Å². The maximum atomic E-state index is 12.5. The third-order valence-electron chi connectivity index (χ3n) is 7.25. The lowest BCUT2D eigenvalue weighted by Gasteiger charge is -2.56. The molecule has 4 aliphatic carbocycles. The summed E-state index contributed by atoms with van der Waals surface area (Å²) in [6, 6.07) is 0.488. The van der Waals surface area contributed by atoms with Gasteiger partial charge in [-0.2, -0.15) is 0 Å². The number of piperidine rings is 1. The highest BCUT2D eigenvalue weighted by molar-refractivity contribution is 5.85. The molecular formula is C20H34ClN3O2. The number of amides is 2. The molecule has 3 N–H and O–H groups in total. The van der Waals surface area contributed by atoms with Crippen molar-refractivity contribution in [3.63, 3.8) is 0 Å². The molecular weight excluding hydrogens is 350 g/mol. The Labute approximate surface area is 163 Å². The van der Waals surface area contributed by atoms with Crippen LogP contribution in [-0.2, 0) is 9.59 Å². The Bertz CT molecular complexity index is 504. The van der Waals surface area contributed by atoms with Crippen LogP contribution in [0, 0.1) is 23.2 Å². The van der Waals surface area contributed by atoms with Crippen molar-refractivity contribution in [1.29, 1.82) is 0 Å². The van der Waals surface area contributed by atoms with Crippen LogP contribution in [0.25, 0.3) is 0 Å². The van der Waals surface area contributed by atoms with Gasteiger partial charge >= 0.3 is 0 Å². The van der Waals surface area contributed by atoms with Gasteiger partial charge in [0.1, 0.15) is 0 Å². The molecule has 1 saturated heterocycles. The predicted molar refractivity (Wildman–Crippen MR) is 104 cm³/mol. The minimum Gasteiger partial charge on any atom is -0.350 e. The van der Waals surface area contributed by atoms with Crippen molar-refractivity contribution in [3.8, 4) is 0 Å². The molecule has 26 heavy (non-hydrogen) atoms. The van der Waals surface area contributed by atoms with Gasteiger partial charge in [-0.1, -0.05) is 0 Å². The van der Waals surface area contributed by atoms with E-state index in [2.05, 4.69) is 22.9 Å². The Hall–Kier alpha value is -0.810. The van der Waals surface area contributed by atoms with E-state index in [0.29, 0.717) is 12.5 Å². The number of carbonyl (C=O) groups is 2. The molecule has 2 unspecified atom stereocenters. The third kappa shape index (κ3) is 4.36. The molecule has 5 rings (SSSR count). The SMILES string of the molecule is CC1NCCCC1NC(=O)CNC(=O)CC12CC3CC(CC(C3)C1)C2.Cl. The maximum absolute atomic E-state index is 12.5. The van der Waals surface area contributed by atoms with Crippen LogP contribution >= 0.6 is 12.4 Å². The van der Waals surface area contributed by atoms with E-state index in [1.54, 1.807) is 0 Å². The quantitative estimate of drug-likeness (QED) is 0.682. The molecule has 6 heteroatoms. The van der Waals surface area contributed by atoms with Crippen LogP contribution in [0.2, 0.25) is 0 Å². The van der Waals surface area contributed by atoms with Gasteiger partial charge in [0.15, 0.2) is 0 Å². The first kappa shape index (κ1) is 19.9. The summed E-state index contributed by atoms with van der Waals surface area (Å²) < 4.78 is 0. The van der Waals surface area contributed by atoms with E-state index in [9.17, 15) is 9.59 Å². The van der Waals surface area contributed by atoms with Crippen LogP contribution in [0.15, 0.2) is 0 Å². The van der Waals surface area contributed by atoms with E-state index >= 15 is 0 Å². The van der Waals surface area contributed by atoms with Crippen LogP contribution in [0.5, 0.6) is 0 Å². The lowest BCUT2D eigenvalue weighted by atomic mass is 9.49. The molecule has 4 bridgehead atoms. The molecule has 0 radical (unpaired) electrons. The summed E-state index contributed by atoms with van der Waals surface area (Å²) in [6.07, 6.45) is 10.7. The number of hydrogen-bond donors (Lipinski definition) is 3. The van der Waals surface area contributed by atoms with E-state index in [4.69, 9.17) is 0 Å². The monoisotopic (exact) mass is 383 g/mol. The summed E-state index contributed by atoms with van der Waals surface area (Å²) in [5, 5.41) is 9.34. The highest BCUT2D eigenvalue weighted by Crippen LogP contribution is 2.61. The highest BCUT2D eigenvalue weighted by atomic mass is 35.5. The van der Waals surface area contributed by atoms with Crippen molar-refractivity contribution in [2.45, 2.75) is 76.8 Å². The molecule has 0 aromatic rings. The molecule has 148 valence electrons. The van der Waals surface area contributed by atoms with Crippen LogP contribution in [-0.4, -0.2) is 37.0 Å². The van der Waals surface area contributed by atoms with Gasteiger partial charge in [0, 0.05) is 18.5 Å². The van der Waals surface area contributed by atoms with Gasteiger partial charge in [0.25, 0.3) is 0 Å². The molecule has 5 nitrogen and oxygen atoms in total. The molecule has 0 spiro atoms. The maximum Gasteiger partial charge on any atom is 0.239 e. The van der Waals surface area contributed by atoms with Gasteiger partial charge in [0.2, 0.25) is 11.8 Å². The molecule has 5 aliphatic rings. The fourth-order valence-electron chi connectivity index (χ4n) is 6.59. The van der Waals surface area contributed by atoms with Gasteiger partial charge in [-0.05, 0) is 88.0 Å². The first-order valence-corrected chi connectivity index (χ1v) is 10.3. The standard InChI is InChI=1S/C20H33N3O2.ClH/c1-13-17(3-2-4-21-13)23-19(25)12-22-18(24)11-20-8-14-5-15(9-20)7-16(6-14)10-20;/h13-17,21H,2-12H2,1H3,(H,22,24)(H,23,25);1H. The number of hydrogen-bond acceptors (Lipinski definition) is 3. The van der Waals surface area contributed by atoms with E-state index in [1.807, 2.05) is 0 Å². The van der Waals surface area contributed by atoms with Gasteiger partial charge in [-0.25, -0.2) is 0 Å². The van der Waals surface area contributed by atoms with Gasteiger partial charge in [-0.3, -0.25) is 9.59 Å². The largest absolute Gasteiger partial charge is 0.350 e. The lowest BCUT2D eigenvalue weighted by Crippen LogP contribution is -2.54. The second-order valence-electron chi connectivity index (χ2n) is 9.43. The fourth-order valence-corrected chi connectivity index (χ4v) is 6.59. The summed E-state index contributed by atoms with van der Waals surface area (Å²) in [7, 11) is 0. The summed E-state index contributed by atoms with van der Waals surface area (Å²) in [4.78, 5) is 24.7. The first-order valence-electron chi connectivity index (χ1n) is 10.3. The zero-order valence-corrected chi connectivity index (χ0v) is 16.7. The van der Waals surface area contributed by atoms with E-state index in [1.165, 1.54) is 38.5 Å². The second-order valence-corrected chi connectivity index (χ2v) is 9.43. The molecule has 1 aliphatic heterocycles. The molecule has 2 atom stereocenters. The first-order chi connectivity index (χ1) is 12.0. The Balaban J connectivity index is 0.00000196. The lowest BCUT2D eigenvalue weighted by molar-refractivity contribution is -0.132. The normalized spacial score (nSPS) is 40.6. The average molecular weight is 384 g/mol. The summed E-state index contributed by atoms with van der Waals surface area (Å²) in [6.45, 7) is 3.25. The number of nitrogens with one attached hydrogen (secondary N) is 3. The van der Waals surface area contributed by atoms with E-state index < -0.39 is 0 Å². The zero-order chi connectivity index (χ0) is 17.4. The predicted octanol–water partition coefficient (Wildman–Crippen LogP) is 2.39. The van der Waals surface area contributed by atoms with Gasteiger partial charge < -0.3 is 16.0 Å². The highest BCUT2D eigenvalue weighted by Gasteiger charge is 2.51. The smallest absolute Gasteiger partial charge is 0.239 e. The Morgan fingerprint density at radius 1 is 1.04 bits per heavy atom. The summed E-state index contributed by atoms with van der Waals surface area (Å²) >= 11 is 0. The Morgan fingerprint density at radius 3 is 2.23 bits per heavy atom. The van der Waals surface area contributed by atoms with Gasteiger partial charge in [-0.15, -0.1) is 12.4 Å². The Morgan fingerprint density at radius 2 is 1.65 bits per heavy atom. The molecule has 5 fully saturated rings. The van der Waals surface area contributed by atoms with Crippen molar-refractivity contribution in [2.24, 2.45) is 23.2 Å². The van der Waals surface area contributed by atoms with Crippen molar-refractivity contribution >= 4 is 24.2 Å². The Kier molecular flexibility index (Phi) is 6.18. The van der Waals surface area contributed by atoms with Crippen molar-refractivity contribution < 1.29 is 9.59 Å². The van der Waals surface area contributed by atoms with Crippen molar-refractivity contribution in [2.75, 3.05) is 13.1 Å². The minimum atomic E-state index is -0.0561. The molecule has 1 heterocycles. The van der Waals surface area contributed by atoms with Crippen LogP contribution in [0.1, 0.15) is 64.7 Å². The molecule has 0 aromatic heterocycles. The zero-order valence-electron chi connectivity index (χ0n) is 15.9. The second kappa shape index (κ2) is 8.05. The molecule has 4 saturated carbocycles. The topological polar surface area (TPSA) is 70.2 Å². The number of halogens is 1. The van der Waals surface area contributed by atoms with Crippen LogP contribution < -0.4 is 16.0 Å². The van der Waals surface area contributed by atoms with E-state index in [0.717, 1.165) is 37.1 Å². The number of rotatable bonds is 5. The van der Waals surface area contributed by atoms with Crippen LogP contribution in [0.3, 0.4) is 0 Å². The fraction of sp³-hybridized carbons (Fsp3) is 0.900. The average Bonchev–Trinajstić information content (AvgIpc) is 2.53. The minimum absolute atomic E-state index is 0.